The van der Waals surface area contributed by atoms with Crippen LogP contribution in [0.5, 0.6) is 0 Å². The van der Waals surface area contributed by atoms with Gasteiger partial charge in [-0.3, -0.25) is 4.79 Å². The van der Waals surface area contributed by atoms with E-state index in [2.05, 4.69) is 10.3 Å². The van der Waals surface area contributed by atoms with Crippen LogP contribution in [-0.2, 0) is 23.7 Å². The lowest BCUT2D eigenvalue weighted by Gasteiger charge is -2.10. The summed E-state index contributed by atoms with van der Waals surface area (Å²) in [5.41, 5.74) is -1.42. The molecule has 2 aromatic rings. The maximum Gasteiger partial charge on any atom is 0.417 e. The minimum Gasteiger partial charge on any atom is -0.351 e. The number of nitrogens with zero attached hydrogens (tertiary/aromatic N) is 1. The second-order valence-electron chi connectivity index (χ2n) is 5.15. The van der Waals surface area contributed by atoms with Crippen molar-refractivity contribution in [2.24, 2.45) is 0 Å². The highest BCUT2D eigenvalue weighted by Gasteiger charge is 2.31. The van der Waals surface area contributed by atoms with E-state index in [4.69, 9.17) is 0 Å². The fourth-order valence-corrected chi connectivity index (χ4v) is 2.55. The van der Waals surface area contributed by atoms with Gasteiger partial charge in [0.05, 0.1) is 21.9 Å². The second kappa shape index (κ2) is 7.98. The minimum absolute atomic E-state index is 0.0935. The van der Waals surface area contributed by atoms with Gasteiger partial charge in [0.25, 0.3) is 0 Å². The van der Waals surface area contributed by atoms with Gasteiger partial charge in [0.15, 0.2) is 0 Å². The largest absolute Gasteiger partial charge is 0.417 e. The van der Waals surface area contributed by atoms with Gasteiger partial charge in [-0.25, -0.2) is 4.98 Å². The SMILES string of the molecule is O=C(CSc1ccc(C(F)(F)F)cn1)NCc1cccc(C(F)(F)F)c1. The zero-order valence-electron chi connectivity index (χ0n) is 13.0. The van der Waals surface area contributed by atoms with E-state index in [1.807, 2.05) is 0 Å². The van der Waals surface area contributed by atoms with Gasteiger partial charge in [-0.1, -0.05) is 23.9 Å². The van der Waals surface area contributed by atoms with Crippen molar-refractivity contribution in [1.29, 1.82) is 0 Å². The zero-order chi connectivity index (χ0) is 19.4. The number of pyridine rings is 1. The van der Waals surface area contributed by atoms with E-state index in [0.717, 1.165) is 36.0 Å². The van der Waals surface area contributed by atoms with Gasteiger partial charge in [-0.2, -0.15) is 26.3 Å². The average Bonchev–Trinajstić information content (AvgIpc) is 2.57. The number of amides is 1. The topological polar surface area (TPSA) is 42.0 Å². The number of halogens is 6. The van der Waals surface area contributed by atoms with Gasteiger partial charge in [0.2, 0.25) is 5.91 Å². The predicted molar refractivity (Wildman–Crippen MR) is 83.3 cm³/mol. The summed E-state index contributed by atoms with van der Waals surface area (Å²) >= 11 is 0.920. The molecule has 10 heteroatoms. The van der Waals surface area contributed by atoms with E-state index in [1.54, 1.807) is 0 Å². The number of alkyl halides is 6. The van der Waals surface area contributed by atoms with Crippen molar-refractivity contribution < 1.29 is 31.1 Å². The number of rotatable bonds is 5. The molecule has 1 N–H and O–H groups in total. The molecule has 0 aliphatic rings. The Labute approximate surface area is 148 Å². The Kier molecular flexibility index (Phi) is 6.17. The highest BCUT2D eigenvalue weighted by molar-refractivity contribution is 7.99. The molecule has 0 fully saturated rings. The van der Waals surface area contributed by atoms with E-state index in [-0.39, 0.29) is 22.9 Å². The molecule has 0 radical (unpaired) electrons. The Morgan fingerprint density at radius 2 is 1.69 bits per heavy atom. The summed E-state index contributed by atoms with van der Waals surface area (Å²) in [5, 5.41) is 2.68. The first-order valence-corrected chi connectivity index (χ1v) is 8.13. The molecule has 0 saturated carbocycles. The van der Waals surface area contributed by atoms with Gasteiger partial charge in [-0.15, -0.1) is 0 Å². The Morgan fingerprint density at radius 1 is 1.00 bits per heavy atom. The molecule has 3 nitrogen and oxygen atoms in total. The summed E-state index contributed by atoms with van der Waals surface area (Å²) < 4.78 is 75.1. The maximum absolute atomic E-state index is 12.6. The van der Waals surface area contributed by atoms with E-state index < -0.39 is 29.4 Å². The fourth-order valence-electron chi connectivity index (χ4n) is 1.88. The molecular weight excluding hydrogens is 382 g/mol. The molecule has 0 bridgehead atoms. The number of thioether (sulfide) groups is 1. The number of carbonyl (C=O) groups is 1. The fraction of sp³-hybridized carbons (Fsp3) is 0.250. The number of carbonyl (C=O) groups excluding carboxylic acids is 1. The maximum atomic E-state index is 12.6. The van der Waals surface area contributed by atoms with Crippen molar-refractivity contribution >= 4 is 17.7 Å². The van der Waals surface area contributed by atoms with Crippen molar-refractivity contribution in [2.45, 2.75) is 23.9 Å². The Morgan fingerprint density at radius 3 is 2.27 bits per heavy atom. The average molecular weight is 394 g/mol. The van der Waals surface area contributed by atoms with Crippen molar-refractivity contribution in [1.82, 2.24) is 10.3 Å². The van der Waals surface area contributed by atoms with Gasteiger partial charge < -0.3 is 5.32 Å². The van der Waals surface area contributed by atoms with Crippen LogP contribution in [0.25, 0.3) is 0 Å². The smallest absolute Gasteiger partial charge is 0.351 e. The molecule has 1 aromatic heterocycles. The highest BCUT2D eigenvalue weighted by Crippen LogP contribution is 2.30. The normalized spacial score (nSPS) is 12.1. The zero-order valence-corrected chi connectivity index (χ0v) is 13.8. The van der Waals surface area contributed by atoms with Crippen LogP contribution >= 0.6 is 11.8 Å². The van der Waals surface area contributed by atoms with E-state index in [1.165, 1.54) is 12.1 Å². The quantitative estimate of drug-likeness (QED) is 0.599. The Bertz CT molecular complexity index is 759. The lowest BCUT2D eigenvalue weighted by Crippen LogP contribution is -2.24. The first-order chi connectivity index (χ1) is 12.1. The third-order valence-electron chi connectivity index (χ3n) is 3.16. The number of benzene rings is 1. The van der Waals surface area contributed by atoms with Crippen molar-refractivity contribution in [2.75, 3.05) is 5.75 Å². The monoisotopic (exact) mass is 394 g/mol. The van der Waals surface area contributed by atoms with Crippen LogP contribution in [0.4, 0.5) is 26.3 Å². The molecule has 0 atom stereocenters. The van der Waals surface area contributed by atoms with Crippen LogP contribution < -0.4 is 5.32 Å². The molecule has 0 saturated heterocycles. The van der Waals surface area contributed by atoms with Crippen molar-refractivity contribution in [3.63, 3.8) is 0 Å². The van der Waals surface area contributed by atoms with Crippen LogP contribution in [0, 0.1) is 0 Å². The number of hydrogen-bond acceptors (Lipinski definition) is 3. The summed E-state index contributed by atoms with van der Waals surface area (Å²) in [6.45, 7) is -0.0935. The van der Waals surface area contributed by atoms with Gasteiger partial charge in [0, 0.05) is 12.7 Å². The summed E-state index contributed by atoms with van der Waals surface area (Å²) in [6.07, 6.45) is -8.29. The lowest BCUT2D eigenvalue weighted by atomic mass is 10.1. The summed E-state index contributed by atoms with van der Waals surface area (Å²) in [4.78, 5) is 15.3. The molecule has 0 unspecified atom stereocenters. The summed E-state index contributed by atoms with van der Waals surface area (Å²) in [6, 6.07) is 6.55. The number of aromatic nitrogens is 1. The third-order valence-corrected chi connectivity index (χ3v) is 4.10. The molecule has 2 rings (SSSR count). The Balaban J connectivity index is 1.84. The number of hydrogen-bond donors (Lipinski definition) is 1. The van der Waals surface area contributed by atoms with Gasteiger partial charge in [-0.05, 0) is 29.8 Å². The molecule has 26 heavy (non-hydrogen) atoms. The molecular formula is C16H12F6N2OS. The minimum atomic E-state index is -4.49. The van der Waals surface area contributed by atoms with E-state index in [9.17, 15) is 31.1 Å². The second-order valence-corrected chi connectivity index (χ2v) is 6.14. The molecule has 0 spiro atoms. The first kappa shape index (κ1) is 20.1. The lowest BCUT2D eigenvalue weighted by molar-refractivity contribution is -0.138. The molecule has 1 aromatic carbocycles. The van der Waals surface area contributed by atoms with Crippen LogP contribution in [0.15, 0.2) is 47.6 Å². The highest BCUT2D eigenvalue weighted by atomic mass is 32.2. The molecule has 1 heterocycles. The molecule has 0 aliphatic heterocycles. The third kappa shape index (κ3) is 5.94. The van der Waals surface area contributed by atoms with E-state index >= 15 is 0 Å². The van der Waals surface area contributed by atoms with Crippen molar-refractivity contribution in [3.05, 3.63) is 59.3 Å². The standard InChI is InChI=1S/C16H12F6N2OS/c17-15(18,19)11-3-1-2-10(6-11)7-23-13(25)9-26-14-5-4-12(8-24-14)16(20,21)22/h1-6,8H,7,9H2,(H,23,25). The Hall–Kier alpha value is -2.23. The van der Waals surface area contributed by atoms with Crippen LogP contribution in [0.2, 0.25) is 0 Å². The predicted octanol–water partition coefficient (Wildman–Crippen LogP) is 4.53. The first-order valence-electron chi connectivity index (χ1n) is 7.14. The summed E-state index contributed by atoms with van der Waals surface area (Å²) in [5.74, 6) is -0.605. The van der Waals surface area contributed by atoms with Crippen molar-refractivity contribution in [3.8, 4) is 0 Å². The molecule has 1 amide bonds. The van der Waals surface area contributed by atoms with Crippen LogP contribution in [0.3, 0.4) is 0 Å². The molecule has 0 aliphatic carbocycles. The number of nitrogens with one attached hydrogen (secondary N) is 1. The molecule has 140 valence electrons. The van der Waals surface area contributed by atoms with Gasteiger partial charge >= 0.3 is 12.4 Å². The van der Waals surface area contributed by atoms with Gasteiger partial charge in [0.1, 0.15) is 0 Å². The summed E-state index contributed by atoms with van der Waals surface area (Å²) in [7, 11) is 0. The van der Waals surface area contributed by atoms with Crippen LogP contribution in [-0.4, -0.2) is 16.6 Å². The van der Waals surface area contributed by atoms with E-state index in [0.29, 0.717) is 6.20 Å². The van der Waals surface area contributed by atoms with Crippen LogP contribution in [0.1, 0.15) is 16.7 Å².